The maximum Gasteiger partial charge on any atom is 0.220 e. The molecule has 1 amide bonds. The molecular formula is C21H29NO3. The largest absolute Gasteiger partial charge is 0.393 e. The lowest BCUT2D eigenvalue weighted by molar-refractivity contribution is -0.123. The van der Waals surface area contributed by atoms with Gasteiger partial charge in [0.15, 0.2) is 0 Å². The Balaban J connectivity index is 1.94. The summed E-state index contributed by atoms with van der Waals surface area (Å²) in [5.41, 5.74) is 5.83. The normalized spacial score (nSPS) is 14.4. The fourth-order valence-electron chi connectivity index (χ4n) is 3.18. The number of aliphatic hydroxyl groups is 2. The van der Waals surface area contributed by atoms with Crippen LogP contribution in [0, 0.1) is 5.92 Å². The van der Waals surface area contributed by atoms with Crippen LogP contribution in [-0.4, -0.2) is 27.8 Å². The minimum atomic E-state index is -0.832. The van der Waals surface area contributed by atoms with Crippen LogP contribution in [0.2, 0.25) is 0 Å². The van der Waals surface area contributed by atoms with Crippen molar-refractivity contribution in [1.29, 1.82) is 0 Å². The van der Waals surface area contributed by atoms with E-state index < -0.39 is 23.5 Å². The Hall–Kier alpha value is -1.91. The highest BCUT2D eigenvalue weighted by Gasteiger charge is 2.23. The second-order valence-electron chi connectivity index (χ2n) is 7.52. The van der Waals surface area contributed by atoms with Gasteiger partial charge in [0.25, 0.3) is 0 Å². The van der Waals surface area contributed by atoms with Gasteiger partial charge in [-0.3, -0.25) is 4.79 Å². The van der Waals surface area contributed by atoms with Gasteiger partial charge >= 0.3 is 0 Å². The lowest BCUT2D eigenvalue weighted by Gasteiger charge is -2.22. The number of rotatable bonds is 9. The van der Waals surface area contributed by atoms with E-state index in [1.54, 1.807) is 13.8 Å². The first-order valence-electron chi connectivity index (χ1n) is 8.92. The molecule has 0 spiro atoms. The summed E-state index contributed by atoms with van der Waals surface area (Å²) in [6, 6.07) is 14.4. The molecule has 0 saturated carbocycles. The number of aliphatic hydroxyl groups excluding tert-OH is 1. The highest BCUT2D eigenvalue weighted by atomic mass is 16.3. The minimum absolute atomic E-state index is 0.343. The Bertz CT molecular complexity index is 700. The Morgan fingerprint density at radius 1 is 1.12 bits per heavy atom. The van der Waals surface area contributed by atoms with Gasteiger partial charge in [-0.05, 0) is 62.3 Å². The molecule has 0 saturated heterocycles. The first kappa shape index (κ1) is 19.4. The predicted molar refractivity (Wildman–Crippen MR) is 101 cm³/mol. The van der Waals surface area contributed by atoms with E-state index in [0.29, 0.717) is 25.7 Å². The van der Waals surface area contributed by atoms with Crippen LogP contribution in [0.5, 0.6) is 0 Å². The first-order valence-corrected chi connectivity index (χ1v) is 8.92. The van der Waals surface area contributed by atoms with Crippen LogP contribution in [-0.2, 0) is 11.2 Å². The van der Waals surface area contributed by atoms with E-state index in [9.17, 15) is 15.0 Å². The first-order chi connectivity index (χ1) is 11.8. The molecule has 2 atom stereocenters. The molecule has 0 aliphatic rings. The summed E-state index contributed by atoms with van der Waals surface area (Å²) in [7, 11) is 0. The zero-order valence-corrected chi connectivity index (χ0v) is 15.1. The molecule has 0 bridgehead atoms. The van der Waals surface area contributed by atoms with Gasteiger partial charge in [-0.15, -0.1) is 0 Å². The summed E-state index contributed by atoms with van der Waals surface area (Å²) in [6.45, 7) is 3.42. The predicted octanol–water partition coefficient (Wildman–Crippen LogP) is 3.18. The molecule has 0 aromatic heterocycles. The zero-order chi connectivity index (χ0) is 18.4. The second-order valence-corrected chi connectivity index (χ2v) is 7.52. The summed E-state index contributed by atoms with van der Waals surface area (Å²) in [5, 5.41) is 22.6. The molecule has 2 aromatic carbocycles. The van der Waals surface area contributed by atoms with Gasteiger partial charge < -0.3 is 15.9 Å². The molecule has 0 aliphatic carbocycles. The minimum Gasteiger partial charge on any atom is -0.393 e. The van der Waals surface area contributed by atoms with Crippen molar-refractivity contribution in [2.45, 2.75) is 57.7 Å². The SMILES string of the molecule is CC(C)(O)CC[C@H](C[C@@H](O)CCc1cccc2ccccc12)C(N)=O. The number of hydrogen-bond donors (Lipinski definition) is 3. The van der Waals surface area contributed by atoms with E-state index in [0.717, 1.165) is 6.42 Å². The van der Waals surface area contributed by atoms with Crippen molar-refractivity contribution in [3.8, 4) is 0 Å². The number of aryl methyl sites for hydroxylation is 1. The second kappa shape index (κ2) is 8.45. The summed E-state index contributed by atoms with van der Waals surface area (Å²) in [4.78, 5) is 11.6. The van der Waals surface area contributed by atoms with Gasteiger partial charge in [-0.2, -0.15) is 0 Å². The molecular weight excluding hydrogens is 314 g/mol. The maximum absolute atomic E-state index is 11.6. The number of amides is 1. The van der Waals surface area contributed by atoms with Crippen molar-refractivity contribution >= 4 is 16.7 Å². The molecule has 0 fully saturated rings. The van der Waals surface area contributed by atoms with Crippen molar-refractivity contribution in [1.82, 2.24) is 0 Å². The fourth-order valence-corrected chi connectivity index (χ4v) is 3.18. The van der Waals surface area contributed by atoms with Gasteiger partial charge in [0.2, 0.25) is 5.91 Å². The third-order valence-electron chi connectivity index (χ3n) is 4.69. The molecule has 0 radical (unpaired) electrons. The number of benzene rings is 2. The highest BCUT2D eigenvalue weighted by Crippen LogP contribution is 2.23. The topological polar surface area (TPSA) is 83.6 Å². The van der Waals surface area contributed by atoms with Gasteiger partial charge in [-0.1, -0.05) is 42.5 Å². The summed E-state index contributed by atoms with van der Waals surface area (Å²) >= 11 is 0. The average molecular weight is 343 g/mol. The average Bonchev–Trinajstić information content (AvgIpc) is 2.55. The van der Waals surface area contributed by atoms with Crippen molar-refractivity contribution in [2.75, 3.05) is 0 Å². The Morgan fingerprint density at radius 2 is 1.80 bits per heavy atom. The highest BCUT2D eigenvalue weighted by molar-refractivity contribution is 5.85. The summed E-state index contributed by atoms with van der Waals surface area (Å²) < 4.78 is 0. The fraction of sp³-hybridized carbons (Fsp3) is 0.476. The van der Waals surface area contributed by atoms with E-state index in [-0.39, 0.29) is 0 Å². The molecule has 0 aliphatic heterocycles. The van der Waals surface area contributed by atoms with Gasteiger partial charge in [0, 0.05) is 5.92 Å². The van der Waals surface area contributed by atoms with Crippen molar-refractivity contribution in [2.24, 2.45) is 11.7 Å². The monoisotopic (exact) mass is 343 g/mol. The quantitative estimate of drug-likeness (QED) is 0.654. The zero-order valence-electron chi connectivity index (χ0n) is 15.1. The van der Waals surface area contributed by atoms with E-state index >= 15 is 0 Å². The summed E-state index contributed by atoms with van der Waals surface area (Å²) in [6.07, 6.45) is 2.06. The number of nitrogens with two attached hydrogens (primary N) is 1. The maximum atomic E-state index is 11.6. The van der Waals surface area contributed by atoms with Crippen LogP contribution in [0.1, 0.15) is 45.1 Å². The van der Waals surface area contributed by atoms with Gasteiger partial charge in [0.05, 0.1) is 11.7 Å². The van der Waals surface area contributed by atoms with Crippen LogP contribution in [0.15, 0.2) is 42.5 Å². The molecule has 4 nitrogen and oxygen atoms in total. The van der Waals surface area contributed by atoms with Crippen LogP contribution in [0.3, 0.4) is 0 Å². The Morgan fingerprint density at radius 3 is 2.48 bits per heavy atom. The number of carbonyl (C=O) groups excluding carboxylic acids is 1. The smallest absolute Gasteiger partial charge is 0.220 e. The molecule has 2 aromatic rings. The van der Waals surface area contributed by atoms with E-state index in [1.807, 2.05) is 18.2 Å². The number of primary amides is 1. The third kappa shape index (κ3) is 6.15. The van der Waals surface area contributed by atoms with Crippen LogP contribution < -0.4 is 5.73 Å². The number of hydrogen-bond acceptors (Lipinski definition) is 3. The molecule has 4 N–H and O–H groups in total. The number of carbonyl (C=O) groups is 1. The van der Waals surface area contributed by atoms with Crippen LogP contribution in [0.25, 0.3) is 10.8 Å². The van der Waals surface area contributed by atoms with E-state index in [1.165, 1.54) is 16.3 Å². The van der Waals surface area contributed by atoms with Crippen LogP contribution in [0.4, 0.5) is 0 Å². The summed E-state index contributed by atoms with van der Waals surface area (Å²) in [5.74, 6) is -0.817. The van der Waals surface area contributed by atoms with Crippen LogP contribution >= 0.6 is 0 Å². The number of fused-ring (bicyclic) bond motifs is 1. The molecule has 136 valence electrons. The lowest BCUT2D eigenvalue weighted by atomic mass is 9.89. The van der Waals surface area contributed by atoms with Gasteiger partial charge in [-0.25, -0.2) is 0 Å². The Kier molecular flexibility index (Phi) is 6.57. The molecule has 0 unspecified atom stereocenters. The van der Waals surface area contributed by atoms with E-state index in [2.05, 4.69) is 24.3 Å². The van der Waals surface area contributed by atoms with Gasteiger partial charge in [0.1, 0.15) is 0 Å². The van der Waals surface area contributed by atoms with Crippen molar-refractivity contribution in [3.63, 3.8) is 0 Å². The third-order valence-corrected chi connectivity index (χ3v) is 4.69. The van der Waals surface area contributed by atoms with Crippen molar-refractivity contribution < 1.29 is 15.0 Å². The Labute approximate surface area is 149 Å². The molecule has 2 rings (SSSR count). The lowest BCUT2D eigenvalue weighted by Crippen LogP contribution is -2.30. The van der Waals surface area contributed by atoms with Crippen molar-refractivity contribution in [3.05, 3.63) is 48.0 Å². The molecule has 4 heteroatoms. The van der Waals surface area contributed by atoms with E-state index in [4.69, 9.17) is 5.73 Å². The molecule has 0 heterocycles. The molecule has 25 heavy (non-hydrogen) atoms. The standard InChI is InChI=1S/C21H29NO3/c1-21(2,25)13-12-17(20(22)24)14-18(23)11-10-16-8-5-7-15-6-3-4-9-19(15)16/h3-9,17-18,23,25H,10-14H2,1-2H3,(H2,22,24)/t17-,18+/m1/s1.